The zero-order valence-electron chi connectivity index (χ0n) is 12.9. The van der Waals surface area contributed by atoms with Gasteiger partial charge in [0.2, 0.25) is 5.91 Å². The van der Waals surface area contributed by atoms with Crippen molar-refractivity contribution in [2.24, 2.45) is 0 Å². The van der Waals surface area contributed by atoms with Gasteiger partial charge in [-0.05, 0) is 40.0 Å². The zero-order chi connectivity index (χ0) is 14.8. The number of thiophene rings is 1. The van der Waals surface area contributed by atoms with Gasteiger partial charge >= 0.3 is 0 Å². The van der Waals surface area contributed by atoms with Crippen LogP contribution in [-0.2, 0) is 11.3 Å². The van der Waals surface area contributed by atoms with Gasteiger partial charge in [0.25, 0.3) is 0 Å². The van der Waals surface area contributed by atoms with Crippen LogP contribution in [-0.4, -0.2) is 54.5 Å². The number of rotatable bonds is 4. The lowest BCUT2D eigenvalue weighted by Gasteiger charge is -2.45. The lowest BCUT2D eigenvalue weighted by molar-refractivity contribution is -0.123. The van der Waals surface area contributed by atoms with Crippen molar-refractivity contribution >= 4 is 17.2 Å². The molecule has 1 fully saturated rings. The molecule has 1 aliphatic rings. The Labute approximate surface area is 125 Å². The number of hydrogen-bond acceptors (Lipinski definition) is 4. The van der Waals surface area contributed by atoms with Gasteiger partial charge in [-0.15, -0.1) is 11.3 Å². The summed E-state index contributed by atoms with van der Waals surface area (Å²) in [6.07, 6.45) is 0. The molecule has 1 N–H and O–H groups in total. The second kappa shape index (κ2) is 6.24. The Morgan fingerprint density at radius 1 is 1.40 bits per heavy atom. The summed E-state index contributed by atoms with van der Waals surface area (Å²) in [6.45, 7) is 10.6. The number of carbonyl (C=O) groups is 1. The van der Waals surface area contributed by atoms with E-state index in [0.29, 0.717) is 13.1 Å². The van der Waals surface area contributed by atoms with Crippen molar-refractivity contribution in [1.29, 1.82) is 0 Å². The van der Waals surface area contributed by atoms with Crippen molar-refractivity contribution in [2.75, 3.05) is 33.2 Å². The summed E-state index contributed by atoms with van der Waals surface area (Å²) < 4.78 is 0. The molecule has 0 saturated carbocycles. The van der Waals surface area contributed by atoms with Crippen molar-refractivity contribution in [2.45, 2.75) is 32.9 Å². The maximum Gasteiger partial charge on any atom is 0.234 e. The minimum atomic E-state index is 0.122. The van der Waals surface area contributed by atoms with Crippen LogP contribution in [0, 0.1) is 6.92 Å². The van der Waals surface area contributed by atoms with Crippen LogP contribution in [0.5, 0.6) is 0 Å². The fraction of sp³-hybridized carbons (Fsp3) is 0.667. The van der Waals surface area contributed by atoms with Crippen molar-refractivity contribution < 1.29 is 4.79 Å². The quantitative estimate of drug-likeness (QED) is 0.918. The van der Waals surface area contributed by atoms with Gasteiger partial charge in [0.15, 0.2) is 0 Å². The predicted octanol–water partition coefficient (Wildman–Crippen LogP) is 1.70. The molecular formula is C15H25N3OS. The van der Waals surface area contributed by atoms with E-state index < -0.39 is 0 Å². The molecular weight excluding hydrogens is 270 g/mol. The smallest absolute Gasteiger partial charge is 0.234 e. The molecule has 1 aromatic rings. The van der Waals surface area contributed by atoms with Gasteiger partial charge in [-0.2, -0.15) is 0 Å². The highest BCUT2D eigenvalue weighted by molar-refractivity contribution is 7.11. The Morgan fingerprint density at radius 2 is 2.15 bits per heavy atom. The third-order valence-electron chi connectivity index (χ3n) is 4.02. The molecule has 1 aliphatic heterocycles. The molecule has 0 aromatic carbocycles. The van der Waals surface area contributed by atoms with Crippen LogP contribution in [0.4, 0.5) is 0 Å². The fourth-order valence-electron chi connectivity index (χ4n) is 2.50. The summed E-state index contributed by atoms with van der Waals surface area (Å²) in [5.74, 6) is 0.122. The number of hydrogen-bond donors (Lipinski definition) is 1. The summed E-state index contributed by atoms with van der Waals surface area (Å²) >= 11 is 1.74. The third-order valence-corrected chi connectivity index (χ3v) is 5.02. The van der Waals surface area contributed by atoms with Crippen molar-refractivity contribution in [3.63, 3.8) is 0 Å². The van der Waals surface area contributed by atoms with Crippen molar-refractivity contribution in [1.82, 2.24) is 15.1 Å². The molecule has 1 aromatic heterocycles. The molecule has 2 heterocycles. The molecule has 0 radical (unpaired) electrons. The SMILES string of the molecule is Cc1ccc(CNC(=O)CN2CCN(C)C(C)(C)C2)s1. The van der Waals surface area contributed by atoms with E-state index in [1.807, 2.05) is 0 Å². The highest BCUT2D eigenvalue weighted by atomic mass is 32.1. The lowest BCUT2D eigenvalue weighted by Crippen LogP contribution is -2.58. The number of piperazine rings is 1. The van der Waals surface area contributed by atoms with Gasteiger partial charge in [0, 0.05) is 34.9 Å². The molecule has 5 heteroatoms. The Kier molecular flexibility index (Phi) is 4.83. The molecule has 4 nitrogen and oxygen atoms in total. The van der Waals surface area contributed by atoms with Gasteiger partial charge in [-0.25, -0.2) is 0 Å². The second-order valence-corrected chi connectivity index (χ2v) is 7.61. The molecule has 0 atom stereocenters. The maximum atomic E-state index is 12.0. The molecule has 0 spiro atoms. The largest absolute Gasteiger partial charge is 0.350 e. The summed E-state index contributed by atoms with van der Waals surface area (Å²) in [6, 6.07) is 4.17. The monoisotopic (exact) mass is 295 g/mol. The molecule has 0 aliphatic carbocycles. The number of aryl methyl sites for hydroxylation is 1. The van der Waals surface area contributed by atoms with Crippen LogP contribution in [0.25, 0.3) is 0 Å². The number of amides is 1. The van der Waals surface area contributed by atoms with E-state index in [1.165, 1.54) is 9.75 Å². The highest BCUT2D eigenvalue weighted by Crippen LogP contribution is 2.18. The normalized spacial score (nSPS) is 20.0. The first-order valence-electron chi connectivity index (χ1n) is 7.12. The number of likely N-dealkylation sites (N-methyl/N-ethyl adjacent to an activating group) is 1. The van der Waals surface area contributed by atoms with E-state index >= 15 is 0 Å². The topological polar surface area (TPSA) is 35.6 Å². The number of nitrogens with one attached hydrogen (secondary N) is 1. The Balaban J connectivity index is 1.77. The van der Waals surface area contributed by atoms with E-state index in [4.69, 9.17) is 0 Å². The fourth-order valence-corrected chi connectivity index (χ4v) is 3.33. The molecule has 1 saturated heterocycles. The molecule has 2 rings (SSSR count). The van der Waals surface area contributed by atoms with Crippen LogP contribution in [0.3, 0.4) is 0 Å². The minimum absolute atomic E-state index is 0.122. The van der Waals surface area contributed by atoms with E-state index in [2.05, 4.69) is 55.1 Å². The molecule has 1 amide bonds. The molecule has 0 unspecified atom stereocenters. The average molecular weight is 295 g/mol. The van der Waals surface area contributed by atoms with Crippen molar-refractivity contribution in [3.8, 4) is 0 Å². The summed E-state index contributed by atoms with van der Waals surface area (Å²) in [5, 5.41) is 3.01. The molecule has 112 valence electrons. The van der Waals surface area contributed by atoms with Gasteiger partial charge in [0.05, 0.1) is 13.1 Å². The zero-order valence-corrected chi connectivity index (χ0v) is 13.7. The second-order valence-electron chi connectivity index (χ2n) is 6.23. The van der Waals surface area contributed by atoms with Crippen LogP contribution >= 0.6 is 11.3 Å². The molecule has 0 bridgehead atoms. The summed E-state index contributed by atoms with van der Waals surface area (Å²) in [5.41, 5.74) is 0.142. The van der Waals surface area contributed by atoms with Crippen LogP contribution in [0.2, 0.25) is 0 Å². The average Bonchev–Trinajstić information content (AvgIpc) is 2.77. The maximum absolute atomic E-state index is 12.0. The van der Waals surface area contributed by atoms with Crippen molar-refractivity contribution in [3.05, 3.63) is 21.9 Å². The van der Waals surface area contributed by atoms with E-state index in [1.54, 1.807) is 11.3 Å². The standard InChI is InChI=1S/C15H25N3OS/c1-12-5-6-13(20-12)9-16-14(19)10-18-8-7-17(4)15(2,3)11-18/h5-6H,7-11H2,1-4H3,(H,16,19). The predicted molar refractivity (Wildman–Crippen MR) is 84.1 cm³/mol. The van der Waals surface area contributed by atoms with E-state index in [0.717, 1.165) is 19.6 Å². The lowest BCUT2D eigenvalue weighted by atomic mass is 10.00. The van der Waals surface area contributed by atoms with Crippen LogP contribution < -0.4 is 5.32 Å². The minimum Gasteiger partial charge on any atom is -0.350 e. The first-order chi connectivity index (χ1) is 9.37. The Bertz CT molecular complexity index is 469. The first kappa shape index (κ1) is 15.5. The van der Waals surface area contributed by atoms with Crippen LogP contribution in [0.1, 0.15) is 23.6 Å². The highest BCUT2D eigenvalue weighted by Gasteiger charge is 2.31. The van der Waals surface area contributed by atoms with Gasteiger partial charge in [-0.1, -0.05) is 0 Å². The summed E-state index contributed by atoms with van der Waals surface area (Å²) in [4.78, 5) is 19.1. The molecule has 20 heavy (non-hydrogen) atoms. The van der Waals surface area contributed by atoms with Gasteiger partial charge in [0.1, 0.15) is 0 Å². The summed E-state index contributed by atoms with van der Waals surface area (Å²) in [7, 11) is 2.15. The number of carbonyl (C=O) groups excluding carboxylic acids is 1. The third kappa shape index (κ3) is 4.04. The van der Waals surface area contributed by atoms with Crippen LogP contribution in [0.15, 0.2) is 12.1 Å². The Hall–Kier alpha value is -0.910. The van der Waals surface area contributed by atoms with E-state index in [9.17, 15) is 4.79 Å². The van der Waals surface area contributed by atoms with E-state index in [-0.39, 0.29) is 11.4 Å². The number of nitrogens with zero attached hydrogens (tertiary/aromatic N) is 2. The van der Waals surface area contributed by atoms with Gasteiger partial charge < -0.3 is 5.32 Å². The Morgan fingerprint density at radius 3 is 2.75 bits per heavy atom. The first-order valence-corrected chi connectivity index (χ1v) is 7.94. The van der Waals surface area contributed by atoms with Gasteiger partial charge in [-0.3, -0.25) is 14.6 Å².